The summed E-state index contributed by atoms with van der Waals surface area (Å²) in [6, 6.07) is 2.18. The number of hydrogen-bond donors (Lipinski definition) is 1. The Labute approximate surface area is 124 Å². The second-order valence-corrected chi connectivity index (χ2v) is 5.94. The van der Waals surface area contributed by atoms with Gasteiger partial charge in [-0.3, -0.25) is 9.59 Å². The van der Waals surface area contributed by atoms with Crippen LogP contribution in [0.3, 0.4) is 0 Å². The van der Waals surface area contributed by atoms with E-state index < -0.39 is 0 Å². The smallest absolute Gasteiger partial charge is 0.252 e. The van der Waals surface area contributed by atoms with E-state index in [4.69, 9.17) is 0 Å². The van der Waals surface area contributed by atoms with E-state index in [1.807, 2.05) is 15.7 Å². The van der Waals surface area contributed by atoms with Crippen LogP contribution in [0.4, 0.5) is 0 Å². The number of carbonyl (C=O) groups excluding carboxylic acids is 2. The van der Waals surface area contributed by atoms with Crippen LogP contribution < -0.4 is 5.32 Å². The molecule has 1 unspecified atom stereocenters. The summed E-state index contributed by atoms with van der Waals surface area (Å²) < 4.78 is 0. The van der Waals surface area contributed by atoms with Gasteiger partial charge in [-0.1, -0.05) is 6.92 Å². The number of piperidine rings is 1. The van der Waals surface area contributed by atoms with Gasteiger partial charge in [0.25, 0.3) is 5.91 Å². The number of amides is 2. The molecule has 2 amide bonds. The molecule has 1 atom stereocenters. The molecule has 1 aromatic heterocycles. The fourth-order valence-corrected chi connectivity index (χ4v) is 3.31. The van der Waals surface area contributed by atoms with Crippen LogP contribution in [0.1, 0.15) is 49.4 Å². The Bertz CT molecular complexity index is 445. The number of likely N-dealkylation sites (tertiary alicyclic amines) is 1. The molecule has 2 heterocycles. The first-order valence-corrected chi connectivity index (χ1v) is 8.26. The Balaban J connectivity index is 1.75. The van der Waals surface area contributed by atoms with E-state index >= 15 is 0 Å². The van der Waals surface area contributed by atoms with Gasteiger partial charge < -0.3 is 10.2 Å². The second kappa shape index (κ2) is 7.43. The molecule has 0 bridgehead atoms. The van der Waals surface area contributed by atoms with Crippen molar-refractivity contribution in [1.29, 1.82) is 0 Å². The zero-order valence-electron chi connectivity index (χ0n) is 11.9. The first kappa shape index (κ1) is 15.0. The summed E-state index contributed by atoms with van der Waals surface area (Å²) in [6.07, 6.45) is 4.85. The average Bonchev–Trinajstić information content (AvgIpc) is 3.01. The molecular formula is C15H22N2O2S. The van der Waals surface area contributed by atoms with Gasteiger partial charge in [0.2, 0.25) is 5.91 Å². The van der Waals surface area contributed by atoms with Crippen LogP contribution in [0.25, 0.3) is 0 Å². The molecule has 1 aliphatic rings. The lowest BCUT2D eigenvalue weighted by molar-refractivity contribution is -0.134. The maximum absolute atomic E-state index is 12.2. The van der Waals surface area contributed by atoms with Crippen LogP contribution in [0.5, 0.6) is 0 Å². The number of thiophene rings is 1. The predicted octanol–water partition coefficient (Wildman–Crippen LogP) is 2.66. The van der Waals surface area contributed by atoms with Gasteiger partial charge in [-0.15, -0.1) is 0 Å². The van der Waals surface area contributed by atoms with Crippen molar-refractivity contribution in [3.8, 4) is 0 Å². The average molecular weight is 294 g/mol. The second-order valence-electron chi connectivity index (χ2n) is 5.16. The van der Waals surface area contributed by atoms with Crippen molar-refractivity contribution in [3.63, 3.8) is 0 Å². The summed E-state index contributed by atoms with van der Waals surface area (Å²) >= 11 is 1.50. The van der Waals surface area contributed by atoms with Crippen LogP contribution in [0.2, 0.25) is 0 Å². The number of rotatable bonds is 5. The summed E-state index contributed by atoms with van der Waals surface area (Å²) in [5.41, 5.74) is 0.673. The molecule has 4 nitrogen and oxygen atoms in total. The Hall–Kier alpha value is -1.36. The molecule has 1 saturated heterocycles. The lowest BCUT2D eigenvalue weighted by atomic mass is 9.99. The lowest BCUT2D eigenvalue weighted by Gasteiger charge is -2.35. The van der Waals surface area contributed by atoms with E-state index in [2.05, 4.69) is 12.2 Å². The number of nitrogens with zero attached hydrogens (tertiary/aromatic N) is 1. The zero-order valence-corrected chi connectivity index (χ0v) is 12.7. The topological polar surface area (TPSA) is 49.4 Å². The molecule has 110 valence electrons. The fourth-order valence-electron chi connectivity index (χ4n) is 2.68. The van der Waals surface area contributed by atoms with Gasteiger partial charge in [0.15, 0.2) is 0 Å². The quantitative estimate of drug-likeness (QED) is 0.907. The van der Waals surface area contributed by atoms with E-state index in [1.54, 1.807) is 6.07 Å². The monoisotopic (exact) mass is 294 g/mol. The maximum Gasteiger partial charge on any atom is 0.252 e. The summed E-state index contributed by atoms with van der Waals surface area (Å²) in [4.78, 5) is 26.0. The number of nitrogens with one attached hydrogen (secondary N) is 1. The van der Waals surface area contributed by atoms with Gasteiger partial charge >= 0.3 is 0 Å². The van der Waals surface area contributed by atoms with Crippen LogP contribution in [0, 0.1) is 0 Å². The van der Waals surface area contributed by atoms with Crippen molar-refractivity contribution >= 4 is 23.2 Å². The van der Waals surface area contributed by atoms with E-state index in [1.165, 1.54) is 17.8 Å². The van der Waals surface area contributed by atoms with Crippen LogP contribution >= 0.6 is 11.3 Å². The summed E-state index contributed by atoms with van der Waals surface area (Å²) in [5.74, 6) is 0.0758. The molecule has 0 radical (unpaired) electrons. The normalized spacial score (nSPS) is 18.9. The highest BCUT2D eigenvalue weighted by molar-refractivity contribution is 7.08. The summed E-state index contributed by atoms with van der Waals surface area (Å²) in [6.45, 7) is 3.42. The lowest BCUT2D eigenvalue weighted by Crippen LogP contribution is -2.44. The van der Waals surface area contributed by atoms with Crippen molar-refractivity contribution in [1.82, 2.24) is 10.2 Å². The van der Waals surface area contributed by atoms with Gasteiger partial charge in [-0.05, 0) is 37.1 Å². The third-order valence-corrected chi connectivity index (χ3v) is 4.51. The molecule has 0 spiro atoms. The van der Waals surface area contributed by atoms with Crippen molar-refractivity contribution in [2.75, 3.05) is 13.1 Å². The summed E-state index contributed by atoms with van der Waals surface area (Å²) in [5, 5.41) is 6.50. The first-order valence-electron chi connectivity index (χ1n) is 7.32. The molecular weight excluding hydrogens is 272 g/mol. The SMILES string of the molecule is CCC1CCCCN1C(=O)CCNC(=O)c1ccsc1. The Morgan fingerprint density at radius 2 is 2.30 bits per heavy atom. The van der Waals surface area contributed by atoms with E-state index in [-0.39, 0.29) is 11.8 Å². The molecule has 20 heavy (non-hydrogen) atoms. The Morgan fingerprint density at radius 3 is 3.00 bits per heavy atom. The molecule has 1 aromatic rings. The molecule has 0 saturated carbocycles. The van der Waals surface area contributed by atoms with Crippen LogP contribution in [-0.4, -0.2) is 35.8 Å². The van der Waals surface area contributed by atoms with Gasteiger partial charge in [0.05, 0.1) is 0 Å². The number of hydrogen-bond acceptors (Lipinski definition) is 3. The molecule has 0 aliphatic carbocycles. The third kappa shape index (κ3) is 3.82. The minimum atomic E-state index is -0.0928. The van der Waals surface area contributed by atoms with E-state index in [9.17, 15) is 9.59 Å². The third-order valence-electron chi connectivity index (χ3n) is 3.83. The van der Waals surface area contributed by atoms with E-state index in [0.29, 0.717) is 24.6 Å². The van der Waals surface area contributed by atoms with Gasteiger partial charge in [0, 0.05) is 36.5 Å². The van der Waals surface area contributed by atoms with Crippen molar-refractivity contribution < 1.29 is 9.59 Å². The van der Waals surface area contributed by atoms with Crippen molar-refractivity contribution in [3.05, 3.63) is 22.4 Å². The molecule has 5 heteroatoms. The highest BCUT2D eigenvalue weighted by atomic mass is 32.1. The highest BCUT2D eigenvalue weighted by Gasteiger charge is 2.24. The van der Waals surface area contributed by atoms with Gasteiger partial charge in [0.1, 0.15) is 0 Å². The van der Waals surface area contributed by atoms with Crippen molar-refractivity contribution in [2.45, 2.75) is 45.1 Å². The molecule has 0 aromatic carbocycles. The maximum atomic E-state index is 12.2. The van der Waals surface area contributed by atoms with Crippen LogP contribution in [0.15, 0.2) is 16.8 Å². The largest absolute Gasteiger partial charge is 0.351 e. The van der Waals surface area contributed by atoms with Gasteiger partial charge in [-0.25, -0.2) is 0 Å². The van der Waals surface area contributed by atoms with Crippen molar-refractivity contribution in [2.24, 2.45) is 0 Å². The van der Waals surface area contributed by atoms with E-state index in [0.717, 1.165) is 25.8 Å². The molecule has 2 rings (SSSR count). The minimum absolute atomic E-state index is 0.0928. The molecule has 1 N–H and O–H groups in total. The first-order chi connectivity index (χ1) is 9.72. The highest BCUT2D eigenvalue weighted by Crippen LogP contribution is 2.20. The standard InChI is InChI=1S/C15H22N2O2S/c1-2-13-5-3-4-9-17(13)14(18)6-8-16-15(19)12-7-10-20-11-12/h7,10-11,13H,2-6,8-9H2,1H3,(H,16,19). The minimum Gasteiger partial charge on any atom is -0.351 e. The Morgan fingerprint density at radius 1 is 1.45 bits per heavy atom. The van der Waals surface area contributed by atoms with Gasteiger partial charge in [-0.2, -0.15) is 11.3 Å². The zero-order chi connectivity index (χ0) is 14.4. The Kier molecular flexibility index (Phi) is 5.59. The molecule has 1 aliphatic heterocycles. The summed E-state index contributed by atoms with van der Waals surface area (Å²) in [7, 11) is 0. The predicted molar refractivity (Wildman–Crippen MR) is 80.9 cm³/mol. The fraction of sp³-hybridized carbons (Fsp3) is 0.600. The molecule has 1 fully saturated rings. The van der Waals surface area contributed by atoms with Crippen LogP contribution in [-0.2, 0) is 4.79 Å². The number of carbonyl (C=O) groups is 2.